The number of nitrogens with one attached hydrogen (secondary N) is 2. The number of aryl methyl sites for hydroxylation is 2. The third-order valence-electron chi connectivity index (χ3n) is 6.05. The molecule has 3 N–H and O–H groups in total. The summed E-state index contributed by atoms with van der Waals surface area (Å²) >= 11 is 0. The molecule has 0 bridgehead atoms. The van der Waals surface area contributed by atoms with E-state index in [-0.39, 0.29) is 11.6 Å². The van der Waals surface area contributed by atoms with Crippen molar-refractivity contribution in [2.75, 3.05) is 0 Å². The number of aromatic carboxylic acids is 1. The number of pyridine rings is 1. The molecule has 0 saturated heterocycles. The van der Waals surface area contributed by atoms with Crippen LogP contribution >= 0.6 is 0 Å². The third kappa shape index (κ3) is 4.09. The van der Waals surface area contributed by atoms with E-state index in [0.717, 1.165) is 34.3 Å². The topological polar surface area (TPSA) is 87.1 Å². The Morgan fingerprint density at radius 3 is 2.56 bits per heavy atom. The van der Waals surface area contributed by atoms with Crippen molar-refractivity contribution in [1.82, 2.24) is 14.9 Å². The number of hydrogen-bond acceptors (Lipinski definition) is 3. The van der Waals surface area contributed by atoms with Gasteiger partial charge in [0.05, 0.1) is 5.69 Å². The number of carboxylic acids is 1. The third-order valence-corrected chi connectivity index (χ3v) is 6.05. The van der Waals surface area contributed by atoms with E-state index in [2.05, 4.69) is 40.0 Å². The number of rotatable bonds is 7. The number of fused-ring (bicyclic) bond motifs is 1. The lowest BCUT2D eigenvalue weighted by atomic mass is 10.0. The highest BCUT2D eigenvalue weighted by atomic mass is 16.4. The van der Waals surface area contributed by atoms with Gasteiger partial charge >= 0.3 is 5.97 Å². The number of hydrogen-bond donors (Lipinski definition) is 3. The van der Waals surface area contributed by atoms with E-state index in [1.54, 1.807) is 0 Å². The van der Waals surface area contributed by atoms with Gasteiger partial charge in [-0.05, 0) is 54.3 Å². The molecule has 32 heavy (non-hydrogen) atoms. The second kappa shape index (κ2) is 8.85. The monoisotopic (exact) mass is 429 g/mol. The zero-order chi connectivity index (χ0) is 22.8. The van der Waals surface area contributed by atoms with Gasteiger partial charge in [0.15, 0.2) is 0 Å². The molecule has 6 nitrogen and oxygen atoms in total. The van der Waals surface area contributed by atoms with Crippen LogP contribution < -0.4 is 10.9 Å². The van der Waals surface area contributed by atoms with E-state index in [9.17, 15) is 14.7 Å². The molecule has 0 amide bonds. The van der Waals surface area contributed by atoms with Gasteiger partial charge in [-0.15, -0.1) is 0 Å². The summed E-state index contributed by atoms with van der Waals surface area (Å²) in [6.07, 6.45) is 0.617. The minimum absolute atomic E-state index is 0.229. The van der Waals surface area contributed by atoms with Crippen LogP contribution in [0.15, 0.2) is 65.5 Å². The van der Waals surface area contributed by atoms with Gasteiger partial charge in [-0.1, -0.05) is 43.3 Å². The van der Waals surface area contributed by atoms with Gasteiger partial charge in [0.25, 0.3) is 5.56 Å². The fourth-order valence-electron chi connectivity index (χ4n) is 4.12. The fraction of sp³-hybridized carbons (Fsp3) is 0.231. The molecule has 0 radical (unpaired) electrons. The summed E-state index contributed by atoms with van der Waals surface area (Å²) in [7, 11) is 2.05. The molecule has 0 aliphatic rings. The fourth-order valence-corrected chi connectivity index (χ4v) is 4.12. The second-order valence-electron chi connectivity index (χ2n) is 8.05. The molecule has 1 atom stereocenters. The van der Waals surface area contributed by atoms with E-state index >= 15 is 0 Å². The molecule has 164 valence electrons. The Labute approximate surface area is 186 Å². The molecule has 6 heteroatoms. The maximum absolute atomic E-state index is 12.3. The molecule has 0 aliphatic heterocycles. The van der Waals surface area contributed by atoms with Gasteiger partial charge in [0.1, 0.15) is 5.56 Å². The standard InChI is InChI=1S/C26H27N3O3/c1-4-17-14-22(26(31)32)25(30)28-24(17)19-10-11-23-20(12-19)13-21(29(23)3)15-27-16(2)18-8-6-5-7-9-18/h5-14,16,27H,4,15H2,1-3H3,(H,28,30)(H,31,32)/t16-/m0/s1. The number of H-pyrrole nitrogens is 1. The van der Waals surface area contributed by atoms with Crippen LogP contribution in [0.25, 0.3) is 22.2 Å². The predicted octanol–water partition coefficient (Wildman–Crippen LogP) is 4.65. The normalized spacial score (nSPS) is 12.2. The zero-order valence-corrected chi connectivity index (χ0v) is 18.5. The second-order valence-corrected chi connectivity index (χ2v) is 8.05. The minimum atomic E-state index is -1.21. The average molecular weight is 430 g/mol. The van der Waals surface area contributed by atoms with E-state index in [0.29, 0.717) is 12.1 Å². The summed E-state index contributed by atoms with van der Waals surface area (Å²) in [5, 5.41) is 13.9. The Morgan fingerprint density at radius 1 is 1.12 bits per heavy atom. The van der Waals surface area contributed by atoms with Crippen molar-refractivity contribution in [3.05, 3.63) is 93.4 Å². The Morgan fingerprint density at radius 2 is 1.88 bits per heavy atom. The maximum Gasteiger partial charge on any atom is 0.341 e. The van der Waals surface area contributed by atoms with Crippen LogP contribution in [0.4, 0.5) is 0 Å². The van der Waals surface area contributed by atoms with Crippen LogP contribution in [-0.2, 0) is 20.0 Å². The molecule has 4 rings (SSSR count). The summed E-state index contributed by atoms with van der Waals surface area (Å²) in [5.74, 6) is -1.21. The first kappa shape index (κ1) is 21.6. The van der Waals surface area contributed by atoms with Crippen LogP contribution in [0.1, 0.15) is 47.1 Å². The Kier molecular flexibility index (Phi) is 5.97. The molecular formula is C26H27N3O3. The van der Waals surface area contributed by atoms with Crippen molar-refractivity contribution >= 4 is 16.9 Å². The molecule has 2 heterocycles. The van der Waals surface area contributed by atoms with Gasteiger partial charge in [-0.3, -0.25) is 4.79 Å². The van der Waals surface area contributed by atoms with Crippen molar-refractivity contribution in [3.8, 4) is 11.3 Å². The van der Waals surface area contributed by atoms with Gasteiger partial charge in [0, 0.05) is 36.2 Å². The Hall–Kier alpha value is -3.64. The number of nitrogens with zero attached hydrogens (tertiary/aromatic N) is 1. The maximum atomic E-state index is 12.3. The van der Waals surface area contributed by atoms with E-state index in [1.165, 1.54) is 11.6 Å². The van der Waals surface area contributed by atoms with E-state index < -0.39 is 11.5 Å². The number of carboxylic acid groups (broad SMARTS) is 1. The largest absolute Gasteiger partial charge is 0.477 e. The SMILES string of the molecule is CCc1cc(C(=O)O)c(=O)[nH]c1-c1ccc2c(c1)cc(CN[C@@H](C)c1ccccc1)n2C. The molecule has 0 saturated carbocycles. The summed E-state index contributed by atoms with van der Waals surface area (Å²) in [5.41, 5.74) is 5.03. The minimum Gasteiger partial charge on any atom is -0.477 e. The molecular weight excluding hydrogens is 402 g/mol. The number of aromatic nitrogens is 2. The van der Waals surface area contributed by atoms with Crippen molar-refractivity contribution in [2.45, 2.75) is 32.9 Å². The lowest BCUT2D eigenvalue weighted by molar-refractivity contribution is 0.0695. The molecule has 2 aromatic heterocycles. The molecule has 0 spiro atoms. The van der Waals surface area contributed by atoms with Crippen LogP contribution in [0.3, 0.4) is 0 Å². The molecule has 0 fully saturated rings. The summed E-state index contributed by atoms with van der Waals surface area (Å²) in [6, 6.07) is 20.3. The zero-order valence-electron chi connectivity index (χ0n) is 18.5. The first-order chi connectivity index (χ1) is 15.4. The average Bonchev–Trinajstić information content (AvgIpc) is 3.12. The number of carbonyl (C=O) groups is 1. The Balaban J connectivity index is 1.65. The van der Waals surface area contributed by atoms with E-state index in [4.69, 9.17) is 0 Å². The van der Waals surface area contributed by atoms with Gasteiger partial charge in [0.2, 0.25) is 0 Å². The summed E-state index contributed by atoms with van der Waals surface area (Å²) in [6.45, 7) is 4.82. The quantitative estimate of drug-likeness (QED) is 0.399. The van der Waals surface area contributed by atoms with E-state index in [1.807, 2.05) is 50.4 Å². The van der Waals surface area contributed by atoms with Crippen LogP contribution in [-0.4, -0.2) is 20.6 Å². The van der Waals surface area contributed by atoms with Crippen molar-refractivity contribution in [2.24, 2.45) is 7.05 Å². The van der Waals surface area contributed by atoms with Crippen molar-refractivity contribution in [3.63, 3.8) is 0 Å². The summed E-state index contributed by atoms with van der Waals surface area (Å²) in [4.78, 5) is 26.4. The van der Waals surface area contributed by atoms with Crippen LogP contribution in [0.2, 0.25) is 0 Å². The lowest BCUT2D eigenvalue weighted by Gasteiger charge is -2.14. The van der Waals surface area contributed by atoms with Crippen LogP contribution in [0.5, 0.6) is 0 Å². The first-order valence-electron chi connectivity index (χ1n) is 10.8. The highest BCUT2D eigenvalue weighted by molar-refractivity contribution is 5.89. The molecule has 2 aromatic carbocycles. The van der Waals surface area contributed by atoms with Gasteiger partial charge < -0.3 is 20.0 Å². The van der Waals surface area contributed by atoms with Crippen LogP contribution in [0, 0.1) is 0 Å². The molecule has 4 aromatic rings. The first-order valence-corrected chi connectivity index (χ1v) is 10.8. The molecule has 0 unspecified atom stereocenters. The highest BCUT2D eigenvalue weighted by Gasteiger charge is 2.15. The van der Waals surface area contributed by atoms with Crippen molar-refractivity contribution < 1.29 is 9.90 Å². The number of benzene rings is 2. The smallest absolute Gasteiger partial charge is 0.341 e. The predicted molar refractivity (Wildman–Crippen MR) is 127 cm³/mol. The molecule has 0 aliphatic carbocycles. The highest BCUT2D eigenvalue weighted by Crippen LogP contribution is 2.28. The van der Waals surface area contributed by atoms with Gasteiger partial charge in [-0.25, -0.2) is 4.79 Å². The Bertz CT molecular complexity index is 1340. The van der Waals surface area contributed by atoms with Crippen molar-refractivity contribution in [1.29, 1.82) is 0 Å². The number of aromatic amines is 1. The van der Waals surface area contributed by atoms with Gasteiger partial charge in [-0.2, -0.15) is 0 Å². The lowest BCUT2D eigenvalue weighted by Crippen LogP contribution is -2.19. The summed E-state index contributed by atoms with van der Waals surface area (Å²) < 4.78 is 2.17.